The topological polar surface area (TPSA) is 62.2 Å². The minimum atomic E-state index is -0.00340. The Balaban J connectivity index is 1.64. The molecular formula is C20H29N5O. The fraction of sp³-hybridized carbons (Fsp3) is 0.500. The van der Waals surface area contributed by atoms with Gasteiger partial charge in [-0.05, 0) is 37.5 Å². The van der Waals surface area contributed by atoms with Crippen LogP contribution in [-0.4, -0.2) is 46.5 Å². The number of carbonyl (C=O) groups is 1. The number of rotatable bonds is 5. The average molecular weight is 355 g/mol. The van der Waals surface area contributed by atoms with Crippen LogP contribution in [0.2, 0.25) is 0 Å². The van der Waals surface area contributed by atoms with Gasteiger partial charge in [0.2, 0.25) is 5.91 Å². The molecule has 1 aliphatic heterocycles. The molecule has 3 rings (SSSR count). The Morgan fingerprint density at radius 1 is 1.38 bits per heavy atom. The molecule has 26 heavy (non-hydrogen) atoms. The van der Waals surface area contributed by atoms with Gasteiger partial charge in [-0.25, -0.2) is 4.98 Å². The first kappa shape index (κ1) is 18.6. The third-order valence-corrected chi connectivity index (χ3v) is 5.27. The first-order chi connectivity index (χ1) is 12.5. The predicted octanol–water partition coefficient (Wildman–Crippen LogP) is 1.86. The predicted molar refractivity (Wildman–Crippen MR) is 103 cm³/mol. The Morgan fingerprint density at radius 3 is 2.88 bits per heavy atom. The van der Waals surface area contributed by atoms with E-state index < -0.39 is 0 Å². The molecule has 0 bridgehead atoms. The maximum atomic E-state index is 12.6. The van der Waals surface area contributed by atoms with Gasteiger partial charge in [-0.3, -0.25) is 9.69 Å². The zero-order chi connectivity index (χ0) is 18.7. The number of piperazine rings is 1. The number of hydrogen-bond donors (Lipinski definition) is 2. The largest absolute Gasteiger partial charge is 0.348 e. The number of nitrogens with zero attached hydrogens (tertiary/aromatic N) is 3. The molecule has 1 amide bonds. The summed E-state index contributed by atoms with van der Waals surface area (Å²) in [6.07, 6.45) is 3.76. The lowest BCUT2D eigenvalue weighted by atomic mass is 10.0. The molecule has 1 fully saturated rings. The normalized spacial score (nSPS) is 19.3. The number of amides is 1. The Labute approximate surface area is 155 Å². The summed E-state index contributed by atoms with van der Waals surface area (Å²) in [5.74, 6) is 1.05. The summed E-state index contributed by atoms with van der Waals surface area (Å²) in [6, 6.07) is 6.47. The summed E-state index contributed by atoms with van der Waals surface area (Å²) in [4.78, 5) is 19.3. The minimum absolute atomic E-state index is 0.00340. The number of benzene rings is 1. The highest BCUT2D eigenvalue weighted by atomic mass is 16.2. The maximum absolute atomic E-state index is 12.6. The van der Waals surface area contributed by atoms with Gasteiger partial charge in [-0.2, -0.15) is 0 Å². The summed E-state index contributed by atoms with van der Waals surface area (Å²) in [5.41, 5.74) is 3.66. The zero-order valence-corrected chi connectivity index (χ0v) is 16.1. The average Bonchev–Trinajstić information content (AvgIpc) is 3.03. The second kappa shape index (κ2) is 8.01. The van der Waals surface area contributed by atoms with E-state index in [4.69, 9.17) is 0 Å². The van der Waals surface area contributed by atoms with Crippen LogP contribution in [0.3, 0.4) is 0 Å². The number of aryl methyl sites for hydroxylation is 3. The third-order valence-electron chi connectivity index (χ3n) is 5.27. The van der Waals surface area contributed by atoms with Crippen LogP contribution in [0.15, 0.2) is 30.6 Å². The first-order valence-corrected chi connectivity index (χ1v) is 9.24. The Hall–Kier alpha value is -2.18. The molecule has 2 aromatic rings. The summed E-state index contributed by atoms with van der Waals surface area (Å²) in [6.45, 7) is 9.16. The lowest BCUT2D eigenvalue weighted by molar-refractivity contribution is -0.123. The lowest BCUT2D eigenvalue weighted by Gasteiger charge is -2.35. The van der Waals surface area contributed by atoms with E-state index in [0.717, 1.165) is 31.0 Å². The van der Waals surface area contributed by atoms with Crippen molar-refractivity contribution in [2.24, 2.45) is 7.05 Å². The number of carbonyl (C=O) groups excluding carboxylic acids is 1. The van der Waals surface area contributed by atoms with Crippen molar-refractivity contribution < 1.29 is 4.79 Å². The monoisotopic (exact) mass is 355 g/mol. The van der Waals surface area contributed by atoms with Crippen LogP contribution < -0.4 is 10.6 Å². The minimum Gasteiger partial charge on any atom is -0.348 e. The molecule has 6 nitrogen and oxygen atoms in total. The van der Waals surface area contributed by atoms with Crippen LogP contribution >= 0.6 is 0 Å². The molecule has 1 aromatic carbocycles. The number of aromatic nitrogens is 2. The van der Waals surface area contributed by atoms with Gasteiger partial charge >= 0.3 is 0 Å². The standard InChI is InChI=1S/C20H29N5O/c1-14-5-6-17(11-15(14)2)16(3)23-19(26)13-25-10-7-21-12-18(25)20-22-8-9-24(20)4/h5-6,8-9,11,16,18,21H,7,10,12-13H2,1-4H3,(H,23,26). The molecule has 2 unspecified atom stereocenters. The zero-order valence-electron chi connectivity index (χ0n) is 16.1. The fourth-order valence-electron chi connectivity index (χ4n) is 3.48. The van der Waals surface area contributed by atoms with Crippen LogP contribution in [0.1, 0.15) is 41.5 Å². The van der Waals surface area contributed by atoms with E-state index in [1.807, 2.05) is 30.9 Å². The third kappa shape index (κ3) is 4.14. The van der Waals surface area contributed by atoms with Gasteiger partial charge in [0.15, 0.2) is 0 Å². The molecule has 2 atom stereocenters. The highest BCUT2D eigenvalue weighted by Gasteiger charge is 2.28. The van der Waals surface area contributed by atoms with E-state index in [9.17, 15) is 4.79 Å². The first-order valence-electron chi connectivity index (χ1n) is 9.24. The molecule has 1 saturated heterocycles. The molecule has 2 heterocycles. The maximum Gasteiger partial charge on any atom is 0.234 e. The van der Waals surface area contributed by atoms with Crippen molar-refractivity contribution >= 4 is 5.91 Å². The molecule has 6 heteroatoms. The molecular weight excluding hydrogens is 326 g/mol. The molecule has 2 N–H and O–H groups in total. The second-order valence-corrected chi connectivity index (χ2v) is 7.22. The van der Waals surface area contributed by atoms with Crippen molar-refractivity contribution in [2.75, 3.05) is 26.2 Å². The van der Waals surface area contributed by atoms with E-state index in [2.05, 4.69) is 52.6 Å². The highest BCUT2D eigenvalue weighted by molar-refractivity contribution is 5.78. The number of nitrogens with one attached hydrogen (secondary N) is 2. The van der Waals surface area contributed by atoms with Crippen LogP contribution in [0.5, 0.6) is 0 Å². The van der Waals surface area contributed by atoms with Crippen LogP contribution in [0.25, 0.3) is 0 Å². The van der Waals surface area contributed by atoms with Crippen molar-refractivity contribution in [1.29, 1.82) is 0 Å². The van der Waals surface area contributed by atoms with E-state index in [0.29, 0.717) is 6.54 Å². The van der Waals surface area contributed by atoms with Crippen LogP contribution in [-0.2, 0) is 11.8 Å². The highest BCUT2D eigenvalue weighted by Crippen LogP contribution is 2.21. The van der Waals surface area contributed by atoms with Crippen molar-refractivity contribution in [3.8, 4) is 0 Å². The van der Waals surface area contributed by atoms with Crippen LogP contribution in [0.4, 0.5) is 0 Å². The van der Waals surface area contributed by atoms with Crippen molar-refractivity contribution in [3.05, 3.63) is 53.1 Å². The van der Waals surface area contributed by atoms with Gasteiger partial charge in [-0.1, -0.05) is 18.2 Å². The number of hydrogen-bond acceptors (Lipinski definition) is 4. The lowest BCUT2D eigenvalue weighted by Crippen LogP contribution is -2.50. The Kier molecular flexibility index (Phi) is 5.74. The summed E-state index contributed by atoms with van der Waals surface area (Å²) >= 11 is 0. The molecule has 0 spiro atoms. The SMILES string of the molecule is Cc1ccc(C(C)NC(=O)CN2CCNCC2c2nccn2C)cc1C. The second-order valence-electron chi connectivity index (χ2n) is 7.22. The van der Waals surface area contributed by atoms with Gasteiger partial charge in [0.1, 0.15) is 5.82 Å². The molecule has 140 valence electrons. The Bertz CT molecular complexity index is 769. The molecule has 1 aromatic heterocycles. The molecule has 0 aliphatic carbocycles. The Morgan fingerprint density at radius 2 is 2.19 bits per heavy atom. The van der Waals surface area contributed by atoms with Gasteiger partial charge in [0, 0.05) is 39.1 Å². The fourth-order valence-corrected chi connectivity index (χ4v) is 3.48. The van der Waals surface area contributed by atoms with Gasteiger partial charge in [0.25, 0.3) is 0 Å². The van der Waals surface area contributed by atoms with E-state index >= 15 is 0 Å². The van der Waals surface area contributed by atoms with Gasteiger partial charge in [0.05, 0.1) is 18.6 Å². The number of imidazole rings is 1. The molecule has 0 radical (unpaired) electrons. The van der Waals surface area contributed by atoms with Gasteiger partial charge < -0.3 is 15.2 Å². The van der Waals surface area contributed by atoms with E-state index in [-0.39, 0.29) is 18.0 Å². The van der Waals surface area contributed by atoms with Crippen molar-refractivity contribution in [2.45, 2.75) is 32.9 Å². The van der Waals surface area contributed by atoms with Crippen molar-refractivity contribution in [3.63, 3.8) is 0 Å². The van der Waals surface area contributed by atoms with Crippen LogP contribution in [0, 0.1) is 13.8 Å². The summed E-state index contributed by atoms with van der Waals surface area (Å²) in [5, 5.41) is 6.55. The molecule has 0 saturated carbocycles. The van der Waals surface area contributed by atoms with E-state index in [1.54, 1.807) is 0 Å². The smallest absolute Gasteiger partial charge is 0.234 e. The summed E-state index contributed by atoms with van der Waals surface area (Å²) < 4.78 is 2.03. The summed E-state index contributed by atoms with van der Waals surface area (Å²) in [7, 11) is 2.00. The van der Waals surface area contributed by atoms with Gasteiger partial charge in [-0.15, -0.1) is 0 Å². The van der Waals surface area contributed by atoms with E-state index in [1.165, 1.54) is 11.1 Å². The van der Waals surface area contributed by atoms with Crippen molar-refractivity contribution in [1.82, 2.24) is 25.1 Å². The quantitative estimate of drug-likeness (QED) is 0.859. The molecule has 1 aliphatic rings.